The Morgan fingerprint density at radius 3 is 1.83 bits per heavy atom. The molecule has 0 unspecified atom stereocenters. The van der Waals surface area contributed by atoms with Gasteiger partial charge < -0.3 is 0 Å². The number of hydrogen-bond acceptors (Lipinski definition) is 2. The molecule has 0 aromatic carbocycles. The molecule has 0 saturated heterocycles. The molecule has 0 atom stereocenters. The summed E-state index contributed by atoms with van der Waals surface area (Å²) in [5, 5.41) is 0. The number of rotatable bonds is 4. The van der Waals surface area contributed by atoms with Crippen molar-refractivity contribution < 1.29 is 0 Å². The van der Waals surface area contributed by atoms with Crippen LogP contribution in [0.2, 0.25) is 0 Å². The third-order valence-corrected chi connectivity index (χ3v) is 2.85. The number of nitrogens with two attached hydrogens (primary N) is 1. The van der Waals surface area contributed by atoms with Gasteiger partial charge in [-0.05, 0) is 31.6 Å². The summed E-state index contributed by atoms with van der Waals surface area (Å²) in [7, 11) is 0. The van der Waals surface area contributed by atoms with E-state index in [9.17, 15) is 0 Å². The van der Waals surface area contributed by atoms with Gasteiger partial charge in [-0.2, -0.15) is 0 Å². The molecule has 0 aliphatic heterocycles. The van der Waals surface area contributed by atoms with Crippen LogP contribution in [0.1, 0.15) is 48.0 Å². The normalized spacial score (nSPS) is 14.0. The Morgan fingerprint density at radius 2 is 1.58 bits per heavy atom. The van der Waals surface area contributed by atoms with Crippen molar-refractivity contribution >= 4 is 0 Å². The monoisotopic (exact) mass is 172 g/mol. The molecule has 0 aromatic heterocycles. The van der Waals surface area contributed by atoms with Crippen LogP contribution in [-0.2, 0) is 0 Å². The molecule has 0 aromatic rings. The lowest BCUT2D eigenvalue weighted by molar-refractivity contribution is 0.163. The van der Waals surface area contributed by atoms with Gasteiger partial charge in [-0.1, -0.05) is 27.7 Å². The predicted octanol–water partition coefficient (Wildman–Crippen LogP) is 2.30. The van der Waals surface area contributed by atoms with E-state index in [-0.39, 0.29) is 5.54 Å². The van der Waals surface area contributed by atoms with E-state index < -0.39 is 0 Å². The Bertz CT molecular complexity index is 137. The average molecular weight is 172 g/mol. The first-order valence-electron chi connectivity index (χ1n) is 4.69. The molecule has 0 bridgehead atoms. The SMILES string of the molecule is CC(C)C(C)(C)CC(C)(C)NN. The summed E-state index contributed by atoms with van der Waals surface area (Å²) in [6.45, 7) is 13.4. The summed E-state index contributed by atoms with van der Waals surface area (Å²) in [5.74, 6) is 6.15. The number of hydrazine groups is 1. The summed E-state index contributed by atoms with van der Waals surface area (Å²) < 4.78 is 0. The third-order valence-electron chi connectivity index (χ3n) is 2.85. The maximum absolute atomic E-state index is 5.46. The minimum Gasteiger partial charge on any atom is -0.271 e. The van der Waals surface area contributed by atoms with Crippen LogP contribution in [-0.4, -0.2) is 5.54 Å². The summed E-state index contributed by atoms with van der Waals surface area (Å²) in [5.41, 5.74) is 3.23. The lowest BCUT2D eigenvalue weighted by Crippen LogP contribution is -2.47. The van der Waals surface area contributed by atoms with E-state index in [0.29, 0.717) is 11.3 Å². The first kappa shape index (κ1) is 11.9. The minimum atomic E-state index is 0.0355. The van der Waals surface area contributed by atoms with Gasteiger partial charge in [0.25, 0.3) is 0 Å². The van der Waals surface area contributed by atoms with Crippen molar-refractivity contribution in [1.82, 2.24) is 5.43 Å². The molecule has 0 rings (SSSR count). The molecule has 2 heteroatoms. The van der Waals surface area contributed by atoms with Gasteiger partial charge >= 0.3 is 0 Å². The number of hydrogen-bond donors (Lipinski definition) is 2. The van der Waals surface area contributed by atoms with Gasteiger partial charge in [-0.3, -0.25) is 11.3 Å². The van der Waals surface area contributed by atoms with E-state index in [1.54, 1.807) is 0 Å². The number of nitrogens with one attached hydrogen (secondary N) is 1. The molecular weight excluding hydrogens is 148 g/mol. The van der Waals surface area contributed by atoms with Crippen molar-refractivity contribution in [2.75, 3.05) is 0 Å². The third kappa shape index (κ3) is 3.55. The second kappa shape index (κ2) is 3.75. The molecular formula is C10H24N2. The van der Waals surface area contributed by atoms with E-state index >= 15 is 0 Å². The average Bonchev–Trinajstić information content (AvgIpc) is 1.85. The summed E-state index contributed by atoms with van der Waals surface area (Å²) in [4.78, 5) is 0. The fourth-order valence-electron chi connectivity index (χ4n) is 1.39. The lowest BCUT2D eigenvalue weighted by Gasteiger charge is -2.37. The molecule has 0 saturated carbocycles. The van der Waals surface area contributed by atoms with Crippen molar-refractivity contribution in [1.29, 1.82) is 0 Å². The van der Waals surface area contributed by atoms with E-state index in [1.165, 1.54) is 0 Å². The molecule has 0 spiro atoms. The zero-order valence-electron chi connectivity index (χ0n) is 9.36. The molecule has 0 heterocycles. The van der Waals surface area contributed by atoms with Crippen molar-refractivity contribution in [3.63, 3.8) is 0 Å². The standard InChI is InChI=1S/C10H24N2/c1-8(2)9(3,4)7-10(5,6)12-11/h8,12H,7,11H2,1-6H3. The molecule has 3 N–H and O–H groups in total. The Balaban J connectivity index is 4.23. The highest BCUT2D eigenvalue weighted by Crippen LogP contribution is 2.34. The highest BCUT2D eigenvalue weighted by atomic mass is 15.3. The fourth-order valence-corrected chi connectivity index (χ4v) is 1.39. The van der Waals surface area contributed by atoms with E-state index in [4.69, 9.17) is 5.84 Å². The van der Waals surface area contributed by atoms with E-state index in [2.05, 4.69) is 47.0 Å². The fraction of sp³-hybridized carbons (Fsp3) is 1.00. The highest BCUT2D eigenvalue weighted by Gasteiger charge is 2.30. The second-order valence-electron chi connectivity index (χ2n) is 5.35. The van der Waals surface area contributed by atoms with E-state index in [0.717, 1.165) is 6.42 Å². The zero-order valence-corrected chi connectivity index (χ0v) is 9.36. The summed E-state index contributed by atoms with van der Waals surface area (Å²) >= 11 is 0. The van der Waals surface area contributed by atoms with E-state index in [1.807, 2.05) is 0 Å². The van der Waals surface area contributed by atoms with Crippen molar-refractivity contribution in [2.24, 2.45) is 17.2 Å². The largest absolute Gasteiger partial charge is 0.271 e. The van der Waals surface area contributed by atoms with Crippen LogP contribution in [0.3, 0.4) is 0 Å². The molecule has 0 fully saturated rings. The molecule has 0 radical (unpaired) electrons. The molecule has 0 aliphatic rings. The second-order valence-corrected chi connectivity index (χ2v) is 5.35. The topological polar surface area (TPSA) is 38.0 Å². The van der Waals surface area contributed by atoms with Crippen LogP contribution in [0.5, 0.6) is 0 Å². The van der Waals surface area contributed by atoms with Gasteiger partial charge in [0.05, 0.1) is 0 Å². The van der Waals surface area contributed by atoms with Gasteiger partial charge in [0.2, 0.25) is 0 Å². The quantitative estimate of drug-likeness (QED) is 0.504. The zero-order chi connectivity index (χ0) is 9.99. The summed E-state index contributed by atoms with van der Waals surface area (Å²) in [6.07, 6.45) is 1.09. The Morgan fingerprint density at radius 1 is 1.17 bits per heavy atom. The smallest absolute Gasteiger partial charge is 0.0270 e. The predicted molar refractivity (Wildman–Crippen MR) is 54.6 cm³/mol. The molecule has 74 valence electrons. The Kier molecular flexibility index (Phi) is 3.73. The van der Waals surface area contributed by atoms with Crippen LogP contribution in [0, 0.1) is 11.3 Å². The first-order valence-corrected chi connectivity index (χ1v) is 4.69. The lowest BCUT2D eigenvalue weighted by atomic mass is 9.73. The van der Waals surface area contributed by atoms with Gasteiger partial charge in [0.1, 0.15) is 0 Å². The van der Waals surface area contributed by atoms with Gasteiger partial charge in [0.15, 0.2) is 0 Å². The van der Waals surface area contributed by atoms with Crippen LogP contribution in [0.15, 0.2) is 0 Å². The molecule has 0 aliphatic carbocycles. The first-order chi connectivity index (χ1) is 5.21. The van der Waals surface area contributed by atoms with Crippen LogP contribution < -0.4 is 11.3 Å². The van der Waals surface area contributed by atoms with Gasteiger partial charge in [-0.15, -0.1) is 0 Å². The molecule has 0 amide bonds. The van der Waals surface area contributed by atoms with Gasteiger partial charge in [0, 0.05) is 5.54 Å². The van der Waals surface area contributed by atoms with Crippen LogP contribution >= 0.6 is 0 Å². The van der Waals surface area contributed by atoms with Crippen molar-refractivity contribution in [3.05, 3.63) is 0 Å². The van der Waals surface area contributed by atoms with Crippen LogP contribution in [0.25, 0.3) is 0 Å². The molecule has 2 nitrogen and oxygen atoms in total. The Labute approximate surface area is 76.9 Å². The Hall–Kier alpha value is -0.0800. The maximum atomic E-state index is 5.46. The van der Waals surface area contributed by atoms with Crippen molar-refractivity contribution in [3.8, 4) is 0 Å². The maximum Gasteiger partial charge on any atom is 0.0270 e. The summed E-state index contributed by atoms with van der Waals surface area (Å²) in [6, 6.07) is 0. The van der Waals surface area contributed by atoms with Crippen molar-refractivity contribution in [2.45, 2.75) is 53.5 Å². The van der Waals surface area contributed by atoms with Crippen LogP contribution in [0.4, 0.5) is 0 Å². The highest BCUT2D eigenvalue weighted by molar-refractivity contribution is 4.85. The minimum absolute atomic E-state index is 0.0355. The van der Waals surface area contributed by atoms with Gasteiger partial charge in [-0.25, -0.2) is 0 Å². The molecule has 12 heavy (non-hydrogen) atoms.